The molecule has 1 fully saturated rings. The molecule has 0 saturated carbocycles. The Kier molecular flexibility index (Phi) is 6.87. The normalized spacial score (nSPS) is 13.7. The largest absolute Gasteiger partial charge is 0.462 e. The molecule has 5 rings (SSSR count). The molecule has 0 spiro atoms. The van der Waals surface area contributed by atoms with Crippen LogP contribution < -0.4 is 15.5 Å². The number of nitrogens with two attached hydrogens (primary N) is 1. The Morgan fingerprint density at radius 1 is 1.17 bits per heavy atom. The van der Waals surface area contributed by atoms with Gasteiger partial charge in [-0.3, -0.25) is 0 Å². The first-order valence-corrected chi connectivity index (χ1v) is 12.4. The number of hydrogen-bond acceptors (Lipinski definition) is 12. The summed E-state index contributed by atoms with van der Waals surface area (Å²) in [6.07, 6.45) is 4.66. The number of morpholine rings is 1. The Labute approximate surface area is 211 Å². The molecule has 0 unspecified atom stereocenters. The fraction of sp³-hybridized carbons (Fsp3) is 0.333. The van der Waals surface area contributed by atoms with Gasteiger partial charge in [0.05, 0.1) is 42.1 Å². The molecular weight excluding hydrogens is 480 g/mol. The van der Waals surface area contributed by atoms with E-state index in [1.54, 1.807) is 30.5 Å². The first-order chi connectivity index (χ1) is 17.5. The zero-order chi connectivity index (χ0) is 25.1. The van der Waals surface area contributed by atoms with E-state index >= 15 is 0 Å². The van der Waals surface area contributed by atoms with Crippen LogP contribution in [-0.2, 0) is 16.0 Å². The number of carbonyl (C=O) groups is 1. The second-order valence-corrected chi connectivity index (χ2v) is 9.35. The minimum absolute atomic E-state index is 0.304. The first kappa shape index (κ1) is 23.8. The van der Waals surface area contributed by atoms with E-state index in [0.29, 0.717) is 49.5 Å². The van der Waals surface area contributed by atoms with E-state index in [9.17, 15) is 4.79 Å². The fourth-order valence-corrected chi connectivity index (χ4v) is 5.01. The molecule has 186 valence electrons. The van der Waals surface area contributed by atoms with Crippen molar-refractivity contribution in [3.05, 3.63) is 47.2 Å². The van der Waals surface area contributed by atoms with E-state index in [-0.39, 0.29) is 0 Å². The van der Waals surface area contributed by atoms with Gasteiger partial charge in [0.1, 0.15) is 5.82 Å². The van der Waals surface area contributed by atoms with Crippen molar-refractivity contribution >= 4 is 45.1 Å². The van der Waals surface area contributed by atoms with Gasteiger partial charge in [-0.15, -0.1) is 11.3 Å². The molecule has 36 heavy (non-hydrogen) atoms. The van der Waals surface area contributed by atoms with Crippen LogP contribution >= 0.6 is 11.3 Å². The van der Waals surface area contributed by atoms with Crippen LogP contribution in [0.25, 0.3) is 21.6 Å². The van der Waals surface area contributed by atoms with Crippen molar-refractivity contribution in [2.45, 2.75) is 13.5 Å². The Morgan fingerprint density at radius 2 is 1.94 bits per heavy atom. The molecule has 0 radical (unpaired) electrons. The van der Waals surface area contributed by atoms with E-state index in [2.05, 4.69) is 25.9 Å². The average Bonchev–Trinajstić information content (AvgIpc) is 3.31. The summed E-state index contributed by atoms with van der Waals surface area (Å²) >= 11 is 1.65. The third-order valence-electron chi connectivity index (χ3n) is 5.64. The maximum Gasteiger partial charge on any atom is 0.341 e. The number of fused-ring (bicyclic) bond motifs is 1. The Bertz CT molecular complexity index is 1350. The van der Waals surface area contributed by atoms with Crippen molar-refractivity contribution in [1.82, 2.24) is 24.9 Å². The third-order valence-corrected chi connectivity index (χ3v) is 6.75. The molecule has 0 amide bonds. The highest BCUT2D eigenvalue weighted by atomic mass is 32.1. The molecule has 1 saturated heterocycles. The van der Waals surface area contributed by atoms with Gasteiger partial charge in [-0.05, 0) is 25.1 Å². The van der Waals surface area contributed by atoms with Crippen molar-refractivity contribution in [3.8, 4) is 11.4 Å². The van der Waals surface area contributed by atoms with Crippen LogP contribution in [0.3, 0.4) is 0 Å². The van der Waals surface area contributed by atoms with Gasteiger partial charge >= 0.3 is 5.97 Å². The number of hydrogen-bond donors (Lipinski definition) is 1. The maximum absolute atomic E-state index is 11.9. The fourth-order valence-electron chi connectivity index (χ4n) is 3.84. The molecule has 0 bridgehead atoms. The summed E-state index contributed by atoms with van der Waals surface area (Å²) in [7, 11) is 1.91. The average molecular weight is 507 g/mol. The van der Waals surface area contributed by atoms with Crippen LogP contribution in [0.2, 0.25) is 0 Å². The lowest BCUT2D eigenvalue weighted by Crippen LogP contribution is -2.36. The van der Waals surface area contributed by atoms with Crippen LogP contribution in [0.1, 0.15) is 22.2 Å². The highest BCUT2D eigenvalue weighted by Gasteiger charge is 2.21. The Hall–Kier alpha value is -3.90. The topological polar surface area (TPSA) is 132 Å². The van der Waals surface area contributed by atoms with Gasteiger partial charge in [-0.1, -0.05) is 0 Å². The number of thiophene rings is 1. The van der Waals surface area contributed by atoms with E-state index in [0.717, 1.165) is 39.6 Å². The van der Waals surface area contributed by atoms with Crippen molar-refractivity contribution in [1.29, 1.82) is 0 Å². The number of pyridine rings is 1. The van der Waals surface area contributed by atoms with E-state index in [4.69, 9.17) is 25.2 Å². The van der Waals surface area contributed by atoms with Crippen LogP contribution in [0.4, 0.5) is 17.6 Å². The van der Waals surface area contributed by atoms with E-state index < -0.39 is 5.97 Å². The van der Waals surface area contributed by atoms with Crippen molar-refractivity contribution in [2.24, 2.45) is 0 Å². The summed E-state index contributed by atoms with van der Waals surface area (Å²) in [5, 5.41) is 0. The first-order valence-electron chi connectivity index (χ1n) is 11.6. The molecule has 2 N–H and O–H groups in total. The SMILES string of the molecule is CCOC(=O)c1cnc(N(C)Cc2cc3nc(-c4ccc(N)nc4)nc(N4CCOCC4)c3s2)nc1. The summed E-state index contributed by atoms with van der Waals surface area (Å²) in [5.41, 5.74) is 7.76. The molecule has 1 aliphatic heterocycles. The number of rotatable bonds is 7. The summed E-state index contributed by atoms with van der Waals surface area (Å²) in [6.45, 7) is 5.48. The number of ether oxygens (including phenoxy) is 2. The van der Waals surface area contributed by atoms with Gasteiger partial charge in [0.25, 0.3) is 0 Å². The molecular formula is C24H26N8O3S. The third kappa shape index (κ3) is 5.04. The van der Waals surface area contributed by atoms with Crippen molar-refractivity contribution < 1.29 is 14.3 Å². The van der Waals surface area contributed by atoms with Gasteiger partial charge in [0.2, 0.25) is 5.95 Å². The second-order valence-electron chi connectivity index (χ2n) is 8.22. The van der Waals surface area contributed by atoms with Gasteiger partial charge in [-0.25, -0.2) is 29.7 Å². The maximum atomic E-state index is 11.9. The monoisotopic (exact) mass is 506 g/mol. The van der Waals surface area contributed by atoms with Gasteiger partial charge in [0.15, 0.2) is 11.6 Å². The summed E-state index contributed by atoms with van der Waals surface area (Å²) < 4.78 is 11.6. The summed E-state index contributed by atoms with van der Waals surface area (Å²) in [6, 6.07) is 5.70. The highest BCUT2D eigenvalue weighted by molar-refractivity contribution is 7.19. The van der Waals surface area contributed by atoms with Crippen molar-refractivity contribution in [2.75, 3.05) is 55.5 Å². The lowest BCUT2D eigenvalue weighted by molar-refractivity contribution is 0.0525. The van der Waals surface area contributed by atoms with Crippen molar-refractivity contribution in [3.63, 3.8) is 0 Å². The zero-order valence-electron chi connectivity index (χ0n) is 20.0. The number of nitrogens with zero attached hydrogens (tertiary/aromatic N) is 7. The van der Waals surface area contributed by atoms with E-state index in [1.165, 1.54) is 12.4 Å². The standard InChI is InChI=1S/C24H26N8O3S/c1-3-35-23(33)16-12-27-24(28-13-16)31(2)14-17-10-18-20(36-17)22(32-6-8-34-9-7-32)30-21(29-18)15-4-5-19(25)26-11-15/h4-5,10-13H,3,6-9,14H2,1-2H3,(H2,25,26). The summed E-state index contributed by atoms with van der Waals surface area (Å²) in [5.74, 6) is 2.02. The minimum Gasteiger partial charge on any atom is -0.462 e. The van der Waals surface area contributed by atoms with Crippen LogP contribution in [0.5, 0.6) is 0 Å². The molecule has 0 aliphatic carbocycles. The Balaban J connectivity index is 1.45. The molecule has 4 aromatic rings. The van der Waals surface area contributed by atoms with Gasteiger partial charge < -0.3 is 25.0 Å². The smallest absolute Gasteiger partial charge is 0.341 e. The minimum atomic E-state index is -0.433. The molecule has 0 aromatic carbocycles. The zero-order valence-corrected chi connectivity index (χ0v) is 20.9. The predicted molar refractivity (Wildman–Crippen MR) is 138 cm³/mol. The quantitative estimate of drug-likeness (QED) is 0.371. The van der Waals surface area contributed by atoms with Crippen LogP contribution in [-0.4, -0.2) is 70.8 Å². The number of aromatic nitrogens is 5. The molecule has 12 heteroatoms. The number of nitrogen functional groups attached to an aromatic ring is 1. The van der Waals surface area contributed by atoms with Crippen LogP contribution in [0.15, 0.2) is 36.8 Å². The number of esters is 1. The molecule has 5 heterocycles. The molecule has 4 aromatic heterocycles. The lowest BCUT2D eigenvalue weighted by atomic mass is 10.2. The molecule has 1 aliphatic rings. The second kappa shape index (κ2) is 10.4. The predicted octanol–water partition coefficient (Wildman–Crippen LogP) is 2.78. The van der Waals surface area contributed by atoms with Gasteiger partial charge in [-0.2, -0.15) is 0 Å². The molecule has 11 nitrogen and oxygen atoms in total. The summed E-state index contributed by atoms with van der Waals surface area (Å²) in [4.78, 5) is 39.8. The Morgan fingerprint density at radius 3 is 2.64 bits per heavy atom. The van der Waals surface area contributed by atoms with Crippen LogP contribution in [0, 0.1) is 0 Å². The number of anilines is 3. The van der Waals surface area contributed by atoms with E-state index in [1.807, 2.05) is 18.0 Å². The molecule has 0 atom stereocenters. The van der Waals surface area contributed by atoms with Gasteiger partial charge in [0, 0.05) is 49.2 Å². The number of carbonyl (C=O) groups excluding carboxylic acids is 1. The lowest BCUT2D eigenvalue weighted by Gasteiger charge is -2.28. The highest BCUT2D eigenvalue weighted by Crippen LogP contribution is 2.35.